The monoisotopic (exact) mass is 354 g/mol. The van der Waals surface area contributed by atoms with E-state index in [1.54, 1.807) is 0 Å². The lowest BCUT2D eigenvalue weighted by molar-refractivity contribution is 0.0824. The van der Waals surface area contributed by atoms with E-state index in [1.165, 1.54) is 27.6 Å². The Balaban J connectivity index is 2.23. The van der Waals surface area contributed by atoms with Gasteiger partial charge in [-0.15, -0.1) is 6.58 Å². The van der Waals surface area contributed by atoms with Crippen molar-refractivity contribution in [1.82, 2.24) is 0 Å². The first-order valence-electron chi connectivity index (χ1n) is 6.49. The quantitative estimate of drug-likeness (QED) is 0.548. The molecule has 2 rings (SSSR count). The van der Waals surface area contributed by atoms with Crippen LogP contribution < -0.4 is 0 Å². The third kappa shape index (κ3) is 3.45. The molecule has 1 atom stereocenters. The second-order valence-electron chi connectivity index (χ2n) is 4.56. The molecule has 0 aromatic heterocycles. The van der Waals surface area contributed by atoms with Gasteiger partial charge < -0.3 is 4.74 Å². The van der Waals surface area contributed by atoms with Crippen LogP contribution in [0.2, 0.25) is 0 Å². The van der Waals surface area contributed by atoms with Crippen molar-refractivity contribution >= 4 is 26.2 Å². The normalized spacial score (nSPS) is 22.6. The fraction of sp³-hybridized carbons (Fsp3) is 0.375. The van der Waals surface area contributed by atoms with Crippen molar-refractivity contribution in [2.45, 2.75) is 31.8 Å². The van der Waals surface area contributed by atoms with Crippen molar-refractivity contribution in [3.8, 4) is 0 Å². The van der Waals surface area contributed by atoms with Crippen LogP contribution in [0.25, 0.3) is 3.58 Å². The number of rotatable bonds is 4. The van der Waals surface area contributed by atoms with Crippen LogP contribution in [0.4, 0.5) is 0 Å². The summed E-state index contributed by atoms with van der Waals surface area (Å²) in [6.07, 6.45) is 6.97. The third-order valence-corrected chi connectivity index (χ3v) is 4.59. The Morgan fingerprint density at radius 2 is 2.11 bits per heavy atom. The molecule has 0 aliphatic heterocycles. The highest BCUT2D eigenvalue weighted by atomic mass is 127. The van der Waals surface area contributed by atoms with E-state index in [0.717, 1.165) is 12.8 Å². The van der Waals surface area contributed by atoms with Crippen molar-refractivity contribution in [3.05, 3.63) is 54.1 Å². The zero-order valence-corrected chi connectivity index (χ0v) is 12.7. The molecule has 1 aromatic carbocycles. The van der Waals surface area contributed by atoms with Crippen LogP contribution in [0.5, 0.6) is 0 Å². The number of hydrogen-bond donors (Lipinski definition) is 0. The van der Waals surface area contributed by atoms with Crippen molar-refractivity contribution in [3.63, 3.8) is 0 Å². The molecule has 0 N–H and O–H groups in total. The Labute approximate surface area is 123 Å². The topological polar surface area (TPSA) is 9.23 Å². The first kappa shape index (κ1) is 13.8. The summed E-state index contributed by atoms with van der Waals surface area (Å²) in [6, 6.07) is 10.6. The molecule has 1 aliphatic rings. The standard InChI is InChI=1S/C16H19IO/c1-2-12-18-15-11-7-6-10-14(15)16(17)13-8-4-3-5-9-13/h2-5,8-9,15H,1,6-7,10-12H2/b16-14-. The Morgan fingerprint density at radius 1 is 1.33 bits per heavy atom. The number of ether oxygens (including phenoxy) is 1. The van der Waals surface area contributed by atoms with Crippen LogP contribution in [-0.4, -0.2) is 12.7 Å². The van der Waals surface area contributed by atoms with E-state index in [4.69, 9.17) is 4.74 Å². The first-order chi connectivity index (χ1) is 8.83. The summed E-state index contributed by atoms with van der Waals surface area (Å²) < 4.78 is 7.27. The Kier molecular flexibility index (Phi) is 5.45. The number of hydrogen-bond acceptors (Lipinski definition) is 1. The molecule has 2 heteroatoms. The van der Waals surface area contributed by atoms with Gasteiger partial charge in [0.2, 0.25) is 0 Å². The maximum atomic E-state index is 5.91. The van der Waals surface area contributed by atoms with Crippen LogP contribution in [0.3, 0.4) is 0 Å². The Hall–Kier alpha value is -0.610. The molecule has 1 fully saturated rings. The predicted molar refractivity (Wildman–Crippen MR) is 85.8 cm³/mol. The highest BCUT2D eigenvalue weighted by molar-refractivity contribution is 14.1. The summed E-state index contributed by atoms with van der Waals surface area (Å²) in [6.45, 7) is 4.38. The van der Waals surface area contributed by atoms with Crippen LogP contribution in [-0.2, 0) is 4.74 Å². The van der Waals surface area contributed by atoms with Gasteiger partial charge in [-0.05, 0) is 53.0 Å². The highest BCUT2D eigenvalue weighted by Gasteiger charge is 2.22. The summed E-state index contributed by atoms with van der Waals surface area (Å²) in [5.41, 5.74) is 2.78. The van der Waals surface area contributed by atoms with Gasteiger partial charge in [-0.25, -0.2) is 0 Å². The largest absolute Gasteiger partial charge is 0.370 e. The molecule has 0 radical (unpaired) electrons. The zero-order chi connectivity index (χ0) is 12.8. The molecule has 0 amide bonds. The average molecular weight is 354 g/mol. The zero-order valence-electron chi connectivity index (χ0n) is 10.6. The summed E-state index contributed by atoms with van der Waals surface area (Å²) in [5.74, 6) is 0. The predicted octanol–water partition coefficient (Wildman–Crippen LogP) is 4.98. The maximum absolute atomic E-state index is 5.91. The fourth-order valence-electron chi connectivity index (χ4n) is 2.37. The van der Waals surface area contributed by atoms with Crippen molar-refractivity contribution < 1.29 is 4.74 Å². The third-order valence-electron chi connectivity index (χ3n) is 3.28. The lowest BCUT2D eigenvalue weighted by Crippen LogP contribution is -2.20. The van der Waals surface area contributed by atoms with Gasteiger partial charge in [0.25, 0.3) is 0 Å². The molecule has 1 aromatic rings. The van der Waals surface area contributed by atoms with Crippen LogP contribution >= 0.6 is 22.6 Å². The maximum Gasteiger partial charge on any atom is 0.0802 e. The summed E-state index contributed by atoms with van der Waals surface area (Å²) in [5, 5.41) is 0. The second kappa shape index (κ2) is 7.10. The highest BCUT2D eigenvalue weighted by Crippen LogP contribution is 2.36. The Bertz CT molecular complexity index is 422. The van der Waals surface area contributed by atoms with Gasteiger partial charge in [-0.3, -0.25) is 0 Å². The summed E-state index contributed by atoms with van der Waals surface area (Å²) in [4.78, 5) is 0. The van der Waals surface area contributed by atoms with E-state index >= 15 is 0 Å². The van der Waals surface area contributed by atoms with Crippen molar-refractivity contribution in [1.29, 1.82) is 0 Å². The van der Waals surface area contributed by atoms with Gasteiger partial charge in [0.15, 0.2) is 0 Å². The van der Waals surface area contributed by atoms with Gasteiger partial charge in [-0.2, -0.15) is 0 Å². The molecule has 1 saturated carbocycles. The molecule has 0 spiro atoms. The molecule has 18 heavy (non-hydrogen) atoms. The summed E-state index contributed by atoms with van der Waals surface area (Å²) >= 11 is 2.47. The molecule has 0 saturated heterocycles. The van der Waals surface area contributed by atoms with Gasteiger partial charge in [0, 0.05) is 3.58 Å². The average Bonchev–Trinajstić information content (AvgIpc) is 2.45. The molecule has 1 unspecified atom stereocenters. The molecule has 96 valence electrons. The minimum Gasteiger partial charge on any atom is -0.370 e. The molecule has 1 nitrogen and oxygen atoms in total. The number of benzene rings is 1. The van der Waals surface area contributed by atoms with Crippen LogP contribution in [0.15, 0.2) is 48.6 Å². The molecule has 0 bridgehead atoms. The van der Waals surface area contributed by atoms with Crippen molar-refractivity contribution in [2.24, 2.45) is 0 Å². The van der Waals surface area contributed by atoms with Gasteiger partial charge in [0.1, 0.15) is 0 Å². The van der Waals surface area contributed by atoms with Gasteiger partial charge in [0.05, 0.1) is 12.7 Å². The lowest BCUT2D eigenvalue weighted by atomic mass is 9.90. The van der Waals surface area contributed by atoms with E-state index in [0.29, 0.717) is 6.61 Å². The lowest BCUT2D eigenvalue weighted by Gasteiger charge is -2.27. The van der Waals surface area contributed by atoms with Gasteiger partial charge >= 0.3 is 0 Å². The van der Waals surface area contributed by atoms with Crippen LogP contribution in [0, 0.1) is 0 Å². The van der Waals surface area contributed by atoms with Crippen molar-refractivity contribution in [2.75, 3.05) is 6.61 Å². The van der Waals surface area contributed by atoms with E-state index in [1.807, 2.05) is 6.08 Å². The molecule has 1 aliphatic carbocycles. The number of halogens is 1. The minimum atomic E-state index is 0.281. The molecular formula is C16H19IO. The first-order valence-corrected chi connectivity index (χ1v) is 7.57. The van der Waals surface area contributed by atoms with Gasteiger partial charge in [-0.1, -0.05) is 42.8 Å². The smallest absolute Gasteiger partial charge is 0.0802 e. The van der Waals surface area contributed by atoms with E-state index in [-0.39, 0.29) is 6.10 Å². The Morgan fingerprint density at radius 3 is 2.83 bits per heavy atom. The molecular weight excluding hydrogens is 335 g/mol. The van der Waals surface area contributed by atoms with E-state index in [9.17, 15) is 0 Å². The fourth-order valence-corrected chi connectivity index (χ4v) is 3.35. The van der Waals surface area contributed by atoms with E-state index < -0.39 is 0 Å². The minimum absolute atomic E-state index is 0.281. The second-order valence-corrected chi connectivity index (χ2v) is 5.64. The van der Waals surface area contributed by atoms with Crippen LogP contribution in [0.1, 0.15) is 31.2 Å². The molecule has 0 heterocycles. The van der Waals surface area contributed by atoms with E-state index in [2.05, 4.69) is 59.5 Å². The summed E-state index contributed by atoms with van der Waals surface area (Å²) in [7, 11) is 0. The SMILES string of the molecule is C=CCOC1CCCC/C1=C(/I)c1ccccc1.